The van der Waals surface area contributed by atoms with Crippen molar-refractivity contribution in [3.8, 4) is 0 Å². The Balaban J connectivity index is 2.44. The molecule has 0 saturated heterocycles. The maximum absolute atomic E-state index is 6.76. The Morgan fingerprint density at radius 3 is 3.00 bits per heavy atom. The molecule has 0 amide bonds. The predicted molar refractivity (Wildman–Crippen MR) is 60.6 cm³/mol. The Morgan fingerprint density at radius 1 is 1.47 bits per heavy atom. The van der Waals surface area contributed by atoms with Crippen LogP contribution in [0, 0.1) is 13.5 Å². The Bertz CT molecular complexity index is 532. The lowest BCUT2D eigenvalue weighted by Crippen LogP contribution is -1.90. The van der Waals surface area contributed by atoms with E-state index in [0.717, 1.165) is 23.3 Å². The van der Waals surface area contributed by atoms with Crippen molar-refractivity contribution in [2.24, 2.45) is 7.05 Å². The van der Waals surface area contributed by atoms with Crippen LogP contribution >= 0.6 is 0 Å². The van der Waals surface area contributed by atoms with Crippen LogP contribution in [0.25, 0.3) is 15.9 Å². The quantitative estimate of drug-likeness (QED) is 0.680. The maximum atomic E-state index is 6.76. The molecule has 3 heteroatoms. The van der Waals surface area contributed by atoms with Crippen molar-refractivity contribution in [1.82, 2.24) is 9.55 Å². The van der Waals surface area contributed by atoms with Gasteiger partial charge in [0.2, 0.25) is 6.54 Å². The topological polar surface area (TPSA) is 22.2 Å². The van der Waals surface area contributed by atoms with E-state index in [4.69, 9.17) is 6.57 Å². The Kier molecular flexibility index (Phi) is 2.42. The van der Waals surface area contributed by atoms with E-state index in [9.17, 15) is 0 Å². The van der Waals surface area contributed by atoms with E-state index in [0.29, 0.717) is 6.54 Å². The van der Waals surface area contributed by atoms with Gasteiger partial charge in [0.1, 0.15) is 5.82 Å². The Hall–Kier alpha value is -1.82. The maximum Gasteiger partial charge on any atom is 0.218 e. The van der Waals surface area contributed by atoms with Gasteiger partial charge >= 0.3 is 0 Å². The van der Waals surface area contributed by atoms with Gasteiger partial charge in [0.15, 0.2) is 0 Å². The van der Waals surface area contributed by atoms with Gasteiger partial charge in [-0.15, -0.1) is 0 Å². The summed E-state index contributed by atoms with van der Waals surface area (Å²) in [6.45, 7) is 9.31. The molecule has 15 heavy (non-hydrogen) atoms. The molecule has 0 spiro atoms. The van der Waals surface area contributed by atoms with E-state index in [1.54, 1.807) is 0 Å². The lowest BCUT2D eigenvalue weighted by atomic mass is 10.1. The molecular weight excluding hydrogens is 186 g/mol. The lowest BCUT2D eigenvalue weighted by molar-refractivity contribution is 0.886. The minimum Gasteiger partial charge on any atom is -0.331 e. The van der Waals surface area contributed by atoms with Crippen molar-refractivity contribution in [3.05, 3.63) is 41.0 Å². The van der Waals surface area contributed by atoms with Crippen LogP contribution in [0.1, 0.15) is 11.4 Å². The first-order valence-electron chi connectivity index (χ1n) is 4.97. The number of benzene rings is 1. The summed E-state index contributed by atoms with van der Waals surface area (Å²) in [6, 6.07) is 6.23. The van der Waals surface area contributed by atoms with Gasteiger partial charge in [-0.3, -0.25) is 0 Å². The minimum absolute atomic E-state index is 0.553. The summed E-state index contributed by atoms with van der Waals surface area (Å²) in [5.74, 6) is 1.02. The fraction of sp³-hybridized carbons (Fsp3) is 0.333. The first-order chi connectivity index (χ1) is 7.22. The van der Waals surface area contributed by atoms with Crippen molar-refractivity contribution < 1.29 is 0 Å². The van der Waals surface area contributed by atoms with Crippen LogP contribution < -0.4 is 0 Å². The number of fused-ring (bicyclic) bond motifs is 1. The third-order valence-corrected chi connectivity index (χ3v) is 2.68. The third-order valence-electron chi connectivity index (χ3n) is 2.68. The molecule has 1 heterocycles. The number of nitrogens with zero attached hydrogens (tertiary/aromatic N) is 3. The monoisotopic (exact) mass is 199 g/mol. The van der Waals surface area contributed by atoms with Gasteiger partial charge in [-0.05, 0) is 24.6 Å². The largest absolute Gasteiger partial charge is 0.331 e. The number of aromatic nitrogens is 2. The fourth-order valence-corrected chi connectivity index (χ4v) is 1.71. The summed E-state index contributed by atoms with van der Waals surface area (Å²) in [6.07, 6.45) is 0.815. The molecule has 2 rings (SSSR count). The molecule has 1 aromatic carbocycles. The standard InChI is InChI=1S/C12H13N3/c1-9-14-11-8-10(6-7-13-2)4-5-12(11)15(9)3/h4-5,8H,6-7H2,1,3H3. The summed E-state index contributed by atoms with van der Waals surface area (Å²) >= 11 is 0. The Morgan fingerprint density at radius 2 is 2.27 bits per heavy atom. The second-order valence-corrected chi connectivity index (χ2v) is 3.67. The van der Waals surface area contributed by atoms with Crippen LogP contribution in [-0.4, -0.2) is 16.1 Å². The van der Waals surface area contributed by atoms with Gasteiger partial charge in [0.25, 0.3) is 0 Å². The predicted octanol–water partition coefficient (Wildman–Crippen LogP) is 2.34. The molecule has 0 fully saturated rings. The highest BCUT2D eigenvalue weighted by molar-refractivity contribution is 5.76. The van der Waals surface area contributed by atoms with E-state index in [1.165, 1.54) is 5.56 Å². The molecule has 0 aliphatic heterocycles. The molecular formula is C12H13N3. The molecule has 2 aromatic rings. The summed E-state index contributed by atoms with van der Waals surface area (Å²) < 4.78 is 2.08. The molecule has 0 aliphatic rings. The lowest BCUT2D eigenvalue weighted by Gasteiger charge is -1.98. The van der Waals surface area contributed by atoms with E-state index in [2.05, 4.69) is 32.6 Å². The average molecular weight is 199 g/mol. The van der Waals surface area contributed by atoms with Crippen LogP contribution in [0.5, 0.6) is 0 Å². The highest BCUT2D eigenvalue weighted by atomic mass is 15.0. The van der Waals surface area contributed by atoms with E-state index in [1.807, 2.05) is 14.0 Å². The van der Waals surface area contributed by atoms with E-state index >= 15 is 0 Å². The summed E-state index contributed by atoms with van der Waals surface area (Å²) in [7, 11) is 2.02. The zero-order valence-corrected chi connectivity index (χ0v) is 8.99. The van der Waals surface area contributed by atoms with Gasteiger partial charge in [0, 0.05) is 13.5 Å². The smallest absolute Gasteiger partial charge is 0.218 e. The number of aryl methyl sites for hydroxylation is 2. The average Bonchev–Trinajstić information content (AvgIpc) is 2.52. The summed E-state index contributed by atoms with van der Waals surface area (Å²) in [5.41, 5.74) is 3.37. The number of hydrogen-bond donors (Lipinski definition) is 0. The molecule has 0 atom stereocenters. The highest BCUT2D eigenvalue weighted by Gasteiger charge is 2.04. The van der Waals surface area contributed by atoms with Crippen LogP contribution in [0.15, 0.2) is 18.2 Å². The third kappa shape index (κ3) is 1.71. The van der Waals surface area contributed by atoms with Gasteiger partial charge in [-0.2, -0.15) is 0 Å². The summed E-state index contributed by atoms with van der Waals surface area (Å²) in [5, 5.41) is 0. The minimum atomic E-state index is 0.553. The number of imidazole rings is 1. The first kappa shape index (κ1) is 9.72. The molecule has 0 saturated carbocycles. The molecule has 0 radical (unpaired) electrons. The second kappa shape index (κ2) is 3.74. The van der Waals surface area contributed by atoms with Crippen molar-refractivity contribution in [3.63, 3.8) is 0 Å². The molecule has 0 unspecified atom stereocenters. The van der Waals surface area contributed by atoms with Gasteiger partial charge in [0.05, 0.1) is 11.0 Å². The van der Waals surface area contributed by atoms with Gasteiger partial charge in [-0.25, -0.2) is 11.6 Å². The van der Waals surface area contributed by atoms with Crippen molar-refractivity contribution in [2.45, 2.75) is 13.3 Å². The Labute approximate surface area is 89.2 Å². The molecule has 3 nitrogen and oxygen atoms in total. The van der Waals surface area contributed by atoms with Gasteiger partial charge in [-0.1, -0.05) is 6.07 Å². The number of hydrogen-bond acceptors (Lipinski definition) is 1. The number of rotatable bonds is 2. The summed E-state index contributed by atoms with van der Waals surface area (Å²) in [4.78, 5) is 7.83. The van der Waals surface area contributed by atoms with E-state index < -0.39 is 0 Å². The highest BCUT2D eigenvalue weighted by Crippen LogP contribution is 2.16. The van der Waals surface area contributed by atoms with Crippen molar-refractivity contribution in [1.29, 1.82) is 0 Å². The van der Waals surface area contributed by atoms with Crippen molar-refractivity contribution in [2.75, 3.05) is 6.54 Å². The first-order valence-corrected chi connectivity index (χ1v) is 4.97. The van der Waals surface area contributed by atoms with Crippen LogP contribution in [0.3, 0.4) is 0 Å². The zero-order valence-electron chi connectivity index (χ0n) is 8.99. The van der Waals surface area contributed by atoms with Crippen LogP contribution in [-0.2, 0) is 13.5 Å². The molecule has 1 aromatic heterocycles. The molecule has 0 bridgehead atoms. The van der Waals surface area contributed by atoms with E-state index in [-0.39, 0.29) is 0 Å². The second-order valence-electron chi connectivity index (χ2n) is 3.67. The van der Waals surface area contributed by atoms with Crippen LogP contribution in [0.2, 0.25) is 0 Å². The SMILES string of the molecule is [C-]#[N+]CCc1ccc2c(c1)nc(C)n2C. The van der Waals surface area contributed by atoms with Crippen molar-refractivity contribution >= 4 is 11.0 Å². The normalized spacial score (nSPS) is 10.5. The fourth-order valence-electron chi connectivity index (χ4n) is 1.71. The zero-order chi connectivity index (χ0) is 10.8. The molecule has 76 valence electrons. The van der Waals surface area contributed by atoms with Crippen LogP contribution in [0.4, 0.5) is 0 Å². The van der Waals surface area contributed by atoms with Gasteiger partial charge < -0.3 is 9.41 Å². The molecule has 0 N–H and O–H groups in total. The molecule has 0 aliphatic carbocycles.